The van der Waals surface area contributed by atoms with Crippen LogP contribution in [-0.2, 0) is 0 Å². The molecular formula is C48H32N6. The van der Waals surface area contributed by atoms with E-state index in [2.05, 4.69) is 96.0 Å². The maximum atomic E-state index is 5.04. The van der Waals surface area contributed by atoms with Crippen molar-refractivity contribution >= 4 is 0 Å². The molecule has 6 nitrogen and oxygen atoms in total. The van der Waals surface area contributed by atoms with Crippen LogP contribution in [-0.4, -0.2) is 29.9 Å². The van der Waals surface area contributed by atoms with E-state index in [-0.39, 0.29) is 0 Å². The summed E-state index contributed by atoms with van der Waals surface area (Å²) in [5, 5.41) is 0. The van der Waals surface area contributed by atoms with E-state index in [0.29, 0.717) is 17.5 Å². The molecule has 0 aliphatic heterocycles. The van der Waals surface area contributed by atoms with Gasteiger partial charge in [-0.1, -0.05) is 146 Å². The minimum absolute atomic E-state index is 0.617. The van der Waals surface area contributed by atoms with Gasteiger partial charge in [0.2, 0.25) is 0 Å². The lowest BCUT2D eigenvalue weighted by molar-refractivity contribution is 1.07. The minimum atomic E-state index is 0.617. The molecular weight excluding hydrogens is 661 g/mol. The molecule has 0 unspecified atom stereocenters. The summed E-state index contributed by atoms with van der Waals surface area (Å²) in [4.78, 5) is 29.1. The summed E-state index contributed by atoms with van der Waals surface area (Å²) in [6.45, 7) is 0. The highest BCUT2D eigenvalue weighted by molar-refractivity contribution is 5.79. The summed E-state index contributed by atoms with van der Waals surface area (Å²) in [7, 11) is 0. The van der Waals surface area contributed by atoms with Crippen molar-refractivity contribution in [3.8, 4) is 90.3 Å². The maximum Gasteiger partial charge on any atom is 0.164 e. The van der Waals surface area contributed by atoms with Crippen molar-refractivity contribution in [2.75, 3.05) is 0 Å². The predicted octanol–water partition coefficient (Wildman–Crippen LogP) is 11.4. The van der Waals surface area contributed by atoms with Crippen LogP contribution in [0, 0.1) is 0 Å². The normalized spacial score (nSPS) is 11.0. The second kappa shape index (κ2) is 14.7. The van der Waals surface area contributed by atoms with Crippen LogP contribution in [0.5, 0.6) is 0 Å². The first-order chi connectivity index (χ1) is 26.7. The Morgan fingerprint density at radius 1 is 0.241 bits per heavy atom. The van der Waals surface area contributed by atoms with Crippen molar-refractivity contribution in [3.05, 3.63) is 194 Å². The fraction of sp³-hybridized carbons (Fsp3) is 0. The Morgan fingerprint density at radius 2 is 0.685 bits per heavy atom. The Labute approximate surface area is 313 Å². The number of aromatic nitrogens is 6. The molecule has 0 aliphatic carbocycles. The third-order valence-corrected chi connectivity index (χ3v) is 9.26. The summed E-state index contributed by atoms with van der Waals surface area (Å²) in [5.74, 6) is 1.89. The van der Waals surface area contributed by atoms with E-state index >= 15 is 0 Å². The lowest BCUT2D eigenvalue weighted by atomic mass is 9.98. The average molecular weight is 693 g/mol. The van der Waals surface area contributed by atoms with E-state index in [1.54, 1.807) is 6.20 Å². The van der Waals surface area contributed by atoms with Gasteiger partial charge in [0, 0.05) is 34.6 Å². The molecule has 6 heteroatoms. The molecule has 0 N–H and O–H groups in total. The van der Waals surface area contributed by atoms with E-state index in [1.807, 2.05) is 97.2 Å². The van der Waals surface area contributed by atoms with Gasteiger partial charge in [-0.25, -0.2) is 19.9 Å². The van der Waals surface area contributed by atoms with Gasteiger partial charge in [-0.3, -0.25) is 9.97 Å². The summed E-state index contributed by atoms with van der Waals surface area (Å²) >= 11 is 0. The predicted molar refractivity (Wildman–Crippen MR) is 217 cm³/mol. The second-order valence-electron chi connectivity index (χ2n) is 12.8. The summed E-state index contributed by atoms with van der Waals surface area (Å²) in [5.41, 5.74) is 12.4. The molecule has 0 aliphatic rings. The van der Waals surface area contributed by atoms with E-state index in [9.17, 15) is 0 Å². The fourth-order valence-corrected chi connectivity index (χ4v) is 6.45. The number of hydrogen-bond donors (Lipinski definition) is 0. The highest BCUT2D eigenvalue weighted by atomic mass is 15.0. The van der Waals surface area contributed by atoms with Gasteiger partial charge in [0.15, 0.2) is 17.5 Å². The molecule has 5 aromatic carbocycles. The van der Waals surface area contributed by atoms with Crippen LogP contribution >= 0.6 is 0 Å². The SMILES string of the molecule is c1ccc(-c2cccc(-c3cc(-c4ccccn4)nc(-c4ccc(-c5ccc(-c6nc(-c7ccccc7)nc(-c7ccccc7)n6)cc5)cn4)c3)c2)cc1. The molecule has 0 amide bonds. The quantitative estimate of drug-likeness (QED) is 0.158. The topological polar surface area (TPSA) is 77.3 Å². The molecule has 54 heavy (non-hydrogen) atoms. The zero-order valence-electron chi connectivity index (χ0n) is 29.2. The molecule has 4 heterocycles. The first kappa shape index (κ1) is 32.5. The smallest absolute Gasteiger partial charge is 0.164 e. The van der Waals surface area contributed by atoms with Gasteiger partial charge in [-0.2, -0.15) is 0 Å². The zero-order valence-corrected chi connectivity index (χ0v) is 29.2. The molecule has 0 fully saturated rings. The Hall–Kier alpha value is -7.44. The number of nitrogens with zero attached hydrogens (tertiary/aromatic N) is 6. The summed E-state index contributed by atoms with van der Waals surface area (Å²) < 4.78 is 0. The molecule has 0 radical (unpaired) electrons. The van der Waals surface area contributed by atoms with Crippen molar-refractivity contribution in [2.24, 2.45) is 0 Å². The average Bonchev–Trinajstić information content (AvgIpc) is 3.27. The standard InChI is InChI=1S/C48H32N6/c1-4-13-33(14-5-1)38-19-12-20-39(29-38)41-30-44(42-21-10-11-28-49-42)51-45(31-41)43-27-26-40(32-50-43)34-22-24-37(25-23-34)48-53-46(35-15-6-2-7-16-35)52-47(54-48)36-17-8-3-9-18-36/h1-32H. The van der Waals surface area contributed by atoms with Gasteiger partial charge in [0.05, 0.1) is 22.8 Å². The van der Waals surface area contributed by atoms with E-state index in [4.69, 9.17) is 24.9 Å². The van der Waals surface area contributed by atoms with Gasteiger partial charge in [0.25, 0.3) is 0 Å². The number of hydrogen-bond acceptors (Lipinski definition) is 6. The van der Waals surface area contributed by atoms with Crippen LogP contribution in [0.3, 0.4) is 0 Å². The van der Waals surface area contributed by atoms with Crippen molar-refractivity contribution in [1.82, 2.24) is 29.9 Å². The molecule has 4 aromatic heterocycles. The number of rotatable bonds is 8. The second-order valence-corrected chi connectivity index (χ2v) is 12.8. The zero-order chi connectivity index (χ0) is 36.1. The third kappa shape index (κ3) is 6.92. The van der Waals surface area contributed by atoms with Crippen molar-refractivity contribution in [2.45, 2.75) is 0 Å². The van der Waals surface area contributed by atoms with Crippen LogP contribution in [0.2, 0.25) is 0 Å². The highest BCUT2D eigenvalue weighted by Gasteiger charge is 2.14. The first-order valence-corrected chi connectivity index (χ1v) is 17.8. The van der Waals surface area contributed by atoms with E-state index < -0.39 is 0 Å². The molecule has 9 rings (SSSR count). The van der Waals surface area contributed by atoms with Crippen LogP contribution in [0.15, 0.2) is 194 Å². The Balaban J connectivity index is 1.04. The monoisotopic (exact) mass is 692 g/mol. The molecule has 0 spiro atoms. The van der Waals surface area contributed by atoms with Gasteiger partial charge < -0.3 is 0 Å². The van der Waals surface area contributed by atoms with Gasteiger partial charge in [0.1, 0.15) is 0 Å². The Morgan fingerprint density at radius 3 is 1.22 bits per heavy atom. The minimum Gasteiger partial charge on any atom is -0.255 e. The van der Waals surface area contributed by atoms with Crippen LogP contribution in [0.4, 0.5) is 0 Å². The van der Waals surface area contributed by atoms with E-state index in [1.165, 1.54) is 5.56 Å². The van der Waals surface area contributed by atoms with Gasteiger partial charge >= 0.3 is 0 Å². The third-order valence-electron chi connectivity index (χ3n) is 9.26. The first-order valence-electron chi connectivity index (χ1n) is 17.8. The maximum absolute atomic E-state index is 5.04. The lowest BCUT2D eigenvalue weighted by Crippen LogP contribution is -2.00. The van der Waals surface area contributed by atoms with Crippen molar-refractivity contribution in [3.63, 3.8) is 0 Å². The molecule has 0 bridgehead atoms. The van der Waals surface area contributed by atoms with Gasteiger partial charge in [-0.15, -0.1) is 0 Å². The molecule has 0 saturated carbocycles. The van der Waals surface area contributed by atoms with Gasteiger partial charge in [-0.05, 0) is 64.2 Å². The van der Waals surface area contributed by atoms with Crippen LogP contribution in [0.1, 0.15) is 0 Å². The lowest BCUT2D eigenvalue weighted by Gasteiger charge is -2.11. The van der Waals surface area contributed by atoms with E-state index in [0.717, 1.165) is 67.3 Å². The Bertz CT molecular complexity index is 2610. The largest absolute Gasteiger partial charge is 0.255 e. The molecule has 0 atom stereocenters. The number of pyridine rings is 3. The van der Waals surface area contributed by atoms with Crippen molar-refractivity contribution in [1.29, 1.82) is 0 Å². The molecule has 254 valence electrons. The van der Waals surface area contributed by atoms with Crippen molar-refractivity contribution < 1.29 is 0 Å². The summed E-state index contributed by atoms with van der Waals surface area (Å²) in [6, 6.07) is 61.5. The fourth-order valence-electron chi connectivity index (χ4n) is 6.45. The Kier molecular flexibility index (Phi) is 8.81. The van der Waals surface area contributed by atoms with Crippen LogP contribution < -0.4 is 0 Å². The molecule has 9 aromatic rings. The molecule has 0 saturated heterocycles. The number of benzene rings is 5. The summed E-state index contributed by atoms with van der Waals surface area (Å²) in [6.07, 6.45) is 3.70. The highest BCUT2D eigenvalue weighted by Crippen LogP contribution is 2.33. The van der Waals surface area contributed by atoms with Crippen LogP contribution in [0.25, 0.3) is 90.3 Å².